The fraction of sp³-hybridized carbons (Fsp3) is 0.182. The number of hydrogen-bond donors (Lipinski definition) is 2. The van der Waals surface area contributed by atoms with Gasteiger partial charge >= 0.3 is 5.97 Å². The molecule has 0 aliphatic heterocycles. The van der Waals surface area contributed by atoms with Crippen LogP contribution in [0.1, 0.15) is 17.3 Å². The molecule has 1 aromatic rings. The molecule has 0 saturated carbocycles. The third-order valence-electron chi connectivity index (χ3n) is 1.65. The van der Waals surface area contributed by atoms with Gasteiger partial charge in [0.05, 0.1) is 0 Å². The molecule has 15 heavy (non-hydrogen) atoms. The van der Waals surface area contributed by atoms with Crippen molar-refractivity contribution in [2.75, 3.05) is 6.61 Å². The van der Waals surface area contributed by atoms with Gasteiger partial charge in [0.2, 0.25) is 0 Å². The lowest BCUT2D eigenvalue weighted by atomic mass is 10.2. The molecule has 0 aromatic heterocycles. The first-order valence-corrected chi connectivity index (χ1v) is 4.34. The molecule has 0 amide bonds. The van der Waals surface area contributed by atoms with Gasteiger partial charge in [0, 0.05) is 0 Å². The summed E-state index contributed by atoms with van der Waals surface area (Å²) in [7, 11) is 0. The lowest BCUT2D eigenvalue weighted by molar-refractivity contribution is 0.0536. The van der Waals surface area contributed by atoms with Crippen LogP contribution in [0, 0.1) is 0 Å². The SMILES string of the molecule is C=C(C)COC(=O)c1cc(O)ccc1O. The van der Waals surface area contributed by atoms with Crippen LogP contribution in [0.2, 0.25) is 0 Å². The Labute approximate surface area is 87.4 Å². The molecule has 0 bridgehead atoms. The van der Waals surface area contributed by atoms with Crippen molar-refractivity contribution in [1.29, 1.82) is 0 Å². The zero-order valence-electron chi connectivity index (χ0n) is 8.36. The van der Waals surface area contributed by atoms with Gasteiger partial charge in [0.25, 0.3) is 0 Å². The minimum atomic E-state index is -0.689. The molecule has 0 spiro atoms. The lowest BCUT2D eigenvalue weighted by Gasteiger charge is -2.06. The normalized spacial score (nSPS) is 9.67. The minimum Gasteiger partial charge on any atom is -0.508 e. The van der Waals surface area contributed by atoms with E-state index in [0.29, 0.717) is 5.57 Å². The lowest BCUT2D eigenvalue weighted by Crippen LogP contribution is -2.06. The quantitative estimate of drug-likeness (QED) is 0.452. The van der Waals surface area contributed by atoms with E-state index in [1.165, 1.54) is 12.1 Å². The molecular formula is C11H12O4. The highest BCUT2D eigenvalue weighted by Gasteiger charge is 2.13. The van der Waals surface area contributed by atoms with E-state index < -0.39 is 5.97 Å². The molecule has 80 valence electrons. The number of phenols is 2. The number of esters is 1. The van der Waals surface area contributed by atoms with E-state index in [1.54, 1.807) is 6.92 Å². The molecule has 0 aliphatic rings. The molecule has 1 rings (SSSR count). The van der Waals surface area contributed by atoms with Crippen LogP contribution in [0.5, 0.6) is 11.5 Å². The third kappa shape index (κ3) is 3.02. The smallest absolute Gasteiger partial charge is 0.342 e. The Morgan fingerprint density at radius 1 is 1.47 bits per heavy atom. The van der Waals surface area contributed by atoms with E-state index in [9.17, 15) is 9.90 Å². The number of rotatable bonds is 3. The van der Waals surface area contributed by atoms with E-state index in [4.69, 9.17) is 9.84 Å². The van der Waals surface area contributed by atoms with Gasteiger partial charge in [-0.25, -0.2) is 4.79 Å². The Balaban J connectivity index is 2.81. The van der Waals surface area contributed by atoms with Crippen molar-refractivity contribution in [3.63, 3.8) is 0 Å². The summed E-state index contributed by atoms with van der Waals surface area (Å²) in [5.74, 6) is -1.01. The fourth-order valence-electron chi connectivity index (χ4n) is 0.954. The van der Waals surface area contributed by atoms with Crippen molar-refractivity contribution in [3.05, 3.63) is 35.9 Å². The molecular weight excluding hydrogens is 196 g/mol. The van der Waals surface area contributed by atoms with Crippen LogP contribution in [0.25, 0.3) is 0 Å². The van der Waals surface area contributed by atoms with Crippen molar-refractivity contribution in [1.82, 2.24) is 0 Å². The summed E-state index contributed by atoms with van der Waals surface area (Å²) in [4.78, 5) is 11.4. The van der Waals surface area contributed by atoms with Gasteiger partial charge in [-0.05, 0) is 30.7 Å². The zero-order chi connectivity index (χ0) is 11.4. The maximum absolute atomic E-state index is 11.4. The molecule has 0 unspecified atom stereocenters. The fourth-order valence-corrected chi connectivity index (χ4v) is 0.954. The molecule has 0 aliphatic carbocycles. The summed E-state index contributed by atoms with van der Waals surface area (Å²) >= 11 is 0. The second kappa shape index (κ2) is 4.50. The largest absolute Gasteiger partial charge is 0.508 e. The number of aromatic hydroxyl groups is 2. The number of phenolic OH excluding ortho intramolecular Hbond substituents is 2. The molecule has 2 N–H and O–H groups in total. The van der Waals surface area contributed by atoms with Gasteiger partial charge in [-0.3, -0.25) is 0 Å². The highest BCUT2D eigenvalue weighted by Crippen LogP contribution is 2.22. The van der Waals surface area contributed by atoms with Gasteiger partial charge in [0.1, 0.15) is 23.7 Å². The van der Waals surface area contributed by atoms with Gasteiger partial charge in [-0.1, -0.05) is 6.58 Å². The summed E-state index contributed by atoms with van der Waals surface area (Å²) in [5, 5.41) is 18.5. The summed E-state index contributed by atoms with van der Waals surface area (Å²) in [6.45, 7) is 5.38. The monoisotopic (exact) mass is 208 g/mol. The van der Waals surface area contributed by atoms with Crippen molar-refractivity contribution in [2.24, 2.45) is 0 Å². The molecule has 0 saturated heterocycles. The second-order valence-electron chi connectivity index (χ2n) is 3.23. The highest BCUT2D eigenvalue weighted by atomic mass is 16.5. The van der Waals surface area contributed by atoms with Crippen LogP contribution in [0.3, 0.4) is 0 Å². The summed E-state index contributed by atoms with van der Waals surface area (Å²) in [6.07, 6.45) is 0. The van der Waals surface area contributed by atoms with E-state index >= 15 is 0 Å². The van der Waals surface area contributed by atoms with Crippen molar-refractivity contribution < 1.29 is 19.7 Å². The first kappa shape index (κ1) is 11.1. The topological polar surface area (TPSA) is 66.8 Å². The number of ether oxygens (including phenoxy) is 1. The first-order chi connectivity index (χ1) is 7.00. The predicted octanol–water partition coefficient (Wildman–Crippen LogP) is 1.83. The van der Waals surface area contributed by atoms with Gasteiger partial charge in [-0.2, -0.15) is 0 Å². The van der Waals surface area contributed by atoms with E-state index in [-0.39, 0.29) is 23.7 Å². The van der Waals surface area contributed by atoms with E-state index in [0.717, 1.165) is 6.07 Å². The van der Waals surface area contributed by atoms with Crippen LogP contribution < -0.4 is 0 Å². The van der Waals surface area contributed by atoms with Gasteiger partial charge < -0.3 is 14.9 Å². The average Bonchev–Trinajstić information content (AvgIpc) is 2.18. The number of carbonyl (C=O) groups is 1. The van der Waals surface area contributed by atoms with Gasteiger partial charge in [0.15, 0.2) is 0 Å². The maximum atomic E-state index is 11.4. The minimum absolute atomic E-state index is 0.0590. The Kier molecular flexibility index (Phi) is 3.33. The summed E-state index contributed by atoms with van der Waals surface area (Å²) in [6, 6.07) is 3.66. The van der Waals surface area contributed by atoms with Crippen LogP contribution in [0.15, 0.2) is 30.4 Å². The second-order valence-corrected chi connectivity index (χ2v) is 3.23. The predicted molar refractivity (Wildman–Crippen MR) is 54.9 cm³/mol. The summed E-state index contributed by atoms with van der Waals surface area (Å²) < 4.78 is 4.82. The van der Waals surface area contributed by atoms with E-state index in [1.807, 2.05) is 0 Å². The standard InChI is InChI=1S/C11H12O4/c1-7(2)6-15-11(14)9-5-8(12)3-4-10(9)13/h3-5,12-13H,1,6H2,2H3. The third-order valence-corrected chi connectivity index (χ3v) is 1.65. The molecule has 4 heteroatoms. The molecule has 4 nitrogen and oxygen atoms in total. The molecule has 0 fully saturated rings. The van der Waals surface area contributed by atoms with Crippen molar-refractivity contribution >= 4 is 5.97 Å². The van der Waals surface area contributed by atoms with Gasteiger partial charge in [-0.15, -0.1) is 0 Å². The van der Waals surface area contributed by atoms with Crippen molar-refractivity contribution in [2.45, 2.75) is 6.92 Å². The highest BCUT2D eigenvalue weighted by molar-refractivity contribution is 5.92. The number of carbonyl (C=O) groups excluding carboxylic acids is 1. The van der Waals surface area contributed by atoms with Crippen molar-refractivity contribution in [3.8, 4) is 11.5 Å². The molecule has 0 radical (unpaired) electrons. The Bertz CT molecular complexity index is 396. The average molecular weight is 208 g/mol. The Hall–Kier alpha value is -1.97. The molecule has 1 aromatic carbocycles. The molecule has 0 atom stereocenters. The van der Waals surface area contributed by atoms with E-state index in [2.05, 4.69) is 6.58 Å². The molecule has 0 heterocycles. The van der Waals surface area contributed by atoms with Crippen LogP contribution in [-0.2, 0) is 4.74 Å². The number of hydrogen-bond acceptors (Lipinski definition) is 4. The van der Waals surface area contributed by atoms with Crippen LogP contribution in [0.4, 0.5) is 0 Å². The Morgan fingerprint density at radius 3 is 2.73 bits per heavy atom. The van der Waals surface area contributed by atoms with Crippen LogP contribution >= 0.6 is 0 Å². The number of benzene rings is 1. The Morgan fingerprint density at radius 2 is 2.13 bits per heavy atom. The summed E-state index contributed by atoms with van der Waals surface area (Å²) in [5.41, 5.74) is 0.638. The zero-order valence-corrected chi connectivity index (χ0v) is 8.36. The van der Waals surface area contributed by atoms with Crippen LogP contribution in [-0.4, -0.2) is 22.8 Å². The maximum Gasteiger partial charge on any atom is 0.342 e. The first-order valence-electron chi connectivity index (χ1n) is 4.34.